The van der Waals surface area contributed by atoms with Crippen molar-refractivity contribution < 1.29 is 9.52 Å². The SMILES string of the molecule is OC1c2cc(Br)ccc2-c2c1ccc1c2oc2ccccc21. The van der Waals surface area contributed by atoms with E-state index in [1.807, 2.05) is 48.5 Å². The van der Waals surface area contributed by atoms with Crippen LogP contribution in [0.3, 0.4) is 0 Å². The molecule has 106 valence electrons. The van der Waals surface area contributed by atoms with Crippen molar-refractivity contribution in [3.05, 3.63) is 70.2 Å². The number of hydrogen-bond donors (Lipinski definition) is 1. The lowest BCUT2D eigenvalue weighted by atomic mass is 10.0. The summed E-state index contributed by atoms with van der Waals surface area (Å²) in [5.74, 6) is 0. The molecule has 1 N–H and O–H groups in total. The second-order valence-electron chi connectivity index (χ2n) is 5.64. The predicted molar refractivity (Wildman–Crippen MR) is 90.9 cm³/mol. The van der Waals surface area contributed by atoms with E-state index in [0.717, 1.165) is 48.7 Å². The van der Waals surface area contributed by atoms with Gasteiger partial charge in [0, 0.05) is 20.8 Å². The molecule has 0 saturated carbocycles. The molecule has 1 aliphatic carbocycles. The van der Waals surface area contributed by atoms with Gasteiger partial charge in [0.25, 0.3) is 0 Å². The molecule has 1 atom stereocenters. The second-order valence-corrected chi connectivity index (χ2v) is 6.55. The van der Waals surface area contributed by atoms with Gasteiger partial charge in [-0.2, -0.15) is 0 Å². The number of benzene rings is 3. The van der Waals surface area contributed by atoms with Crippen LogP contribution in [0.1, 0.15) is 17.2 Å². The Balaban J connectivity index is 1.96. The highest BCUT2D eigenvalue weighted by atomic mass is 79.9. The highest BCUT2D eigenvalue weighted by Crippen LogP contribution is 2.49. The molecule has 1 unspecified atom stereocenters. The van der Waals surface area contributed by atoms with Crippen molar-refractivity contribution >= 4 is 37.9 Å². The van der Waals surface area contributed by atoms with E-state index in [4.69, 9.17) is 4.42 Å². The Morgan fingerprint density at radius 2 is 1.77 bits per heavy atom. The maximum absolute atomic E-state index is 10.6. The average Bonchev–Trinajstić information content (AvgIpc) is 3.04. The van der Waals surface area contributed by atoms with Crippen LogP contribution in [0.15, 0.2) is 63.5 Å². The van der Waals surface area contributed by atoms with E-state index in [-0.39, 0.29) is 0 Å². The van der Waals surface area contributed by atoms with E-state index in [9.17, 15) is 5.11 Å². The van der Waals surface area contributed by atoms with E-state index in [1.54, 1.807) is 0 Å². The van der Waals surface area contributed by atoms with E-state index < -0.39 is 6.10 Å². The first-order valence-electron chi connectivity index (χ1n) is 7.16. The first-order chi connectivity index (χ1) is 10.7. The summed E-state index contributed by atoms with van der Waals surface area (Å²) in [4.78, 5) is 0. The van der Waals surface area contributed by atoms with Crippen molar-refractivity contribution in [2.24, 2.45) is 0 Å². The number of rotatable bonds is 0. The molecule has 5 rings (SSSR count). The van der Waals surface area contributed by atoms with Gasteiger partial charge in [0.05, 0.1) is 0 Å². The van der Waals surface area contributed by atoms with Gasteiger partial charge in [-0.1, -0.05) is 52.3 Å². The molecule has 0 saturated heterocycles. The zero-order valence-corrected chi connectivity index (χ0v) is 13.1. The van der Waals surface area contributed by atoms with Gasteiger partial charge in [-0.25, -0.2) is 0 Å². The summed E-state index contributed by atoms with van der Waals surface area (Å²) >= 11 is 3.48. The van der Waals surface area contributed by atoms with Gasteiger partial charge in [0.2, 0.25) is 0 Å². The van der Waals surface area contributed by atoms with Crippen LogP contribution in [-0.4, -0.2) is 5.11 Å². The topological polar surface area (TPSA) is 33.4 Å². The number of furan rings is 1. The van der Waals surface area contributed by atoms with Crippen molar-refractivity contribution in [2.45, 2.75) is 6.10 Å². The Morgan fingerprint density at radius 3 is 2.68 bits per heavy atom. The summed E-state index contributed by atoms with van der Waals surface area (Å²) in [5.41, 5.74) is 5.65. The minimum absolute atomic E-state index is 0.597. The lowest BCUT2D eigenvalue weighted by Gasteiger charge is -2.05. The van der Waals surface area contributed by atoms with Crippen LogP contribution in [0.2, 0.25) is 0 Å². The lowest BCUT2D eigenvalue weighted by Crippen LogP contribution is -1.93. The Hall–Kier alpha value is -2.10. The van der Waals surface area contributed by atoms with Crippen LogP contribution in [0.5, 0.6) is 0 Å². The van der Waals surface area contributed by atoms with Crippen LogP contribution in [0.4, 0.5) is 0 Å². The normalized spacial score (nSPS) is 16.2. The second kappa shape index (κ2) is 4.22. The van der Waals surface area contributed by atoms with E-state index in [1.165, 1.54) is 0 Å². The van der Waals surface area contributed by atoms with Gasteiger partial charge in [-0.15, -0.1) is 0 Å². The molecule has 1 aliphatic rings. The van der Waals surface area contributed by atoms with Crippen molar-refractivity contribution in [2.75, 3.05) is 0 Å². The van der Waals surface area contributed by atoms with Gasteiger partial charge in [-0.05, 0) is 34.9 Å². The van der Waals surface area contributed by atoms with Crippen molar-refractivity contribution in [3.8, 4) is 11.1 Å². The maximum atomic E-state index is 10.6. The number of aliphatic hydroxyl groups excluding tert-OH is 1. The quantitative estimate of drug-likeness (QED) is 0.460. The third kappa shape index (κ3) is 1.47. The standard InChI is InChI=1S/C19H11BrO2/c20-10-5-6-12-15(9-10)18(21)14-8-7-13-11-3-1-2-4-16(11)22-19(13)17(12)14/h1-9,18,21H. The predicted octanol–water partition coefficient (Wildman–Crippen LogP) is 5.41. The first kappa shape index (κ1) is 12.4. The summed E-state index contributed by atoms with van der Waals surface area (Å²) in [6.45, 7) is 0. The van der Waals surface area contributed by atoms with E-state index in [2.05, 4.69) is 22.0 Å². The summed E-state index contributed by atoms with van der Waals surface area (Å²) in [7, 11) is 0. The number of hydrogen-bond acceptors (Lipinski definition) is 2. The highest BCUT2D eigenvalue weighted by molar-refractivity contribution is 9.10. The Bertz CT molecular complexity index is 1060. The van der Waals surface area contributed by atoms with Crippen molar-refractivity contribution in [1.29, 1.82) is 0 Å². The van der Waals surface area contributed by atoms with Gasteiger partial charge in [-0.3, -0.25) is 0 Å². The zero-order valence-electron chi connectivity index (χ0n) is 11.5. The summed E-state index contributed by atoms with van der Waals surface area (Å²) in [5, 5.41) is 12.8. The van der Waals surface area contributed by atoms with Crippen LogP contribution in [0, 0.1) is 0 Å². The fourth-order valence-electron chi connectivity index (χ4n) is 3.46. The fraction of sp³-hybridized carbons (Fsp3) is 0.0526. The molecule has 3 heteroatoms. The van der Waals surface area contributed by atoms with Crippen LogP contribution < -0.4 is 0 Å². The van der Waals surface area contributed by atoms with Crippen LogP contribution in [-0.2, 0) is 0 Å². The van der Waals surface area contributed by atoms with E-state index >= 15 is 0 Å². The van der Waals surface area contributed by atoms with Gasteiger partial charge < -0.3 is 9.52 Å². The molecule has 1 heterocycles. The zero-order chi connectivity index (χ0) is 14.8. The number of para-hydroxylation sites is 1. The Kier molecular flexibility index (Phi) is 2.38. The Morgan fingerprint density at radius 1 is 0.909 bits per heavy atom. The molecule has 0 radical (unpaired) electrons. The molecule has 3 aromatic carbocycles. The largest absolute Gasteiger partial charge is 0.455 e. The van der Waals surface area contributed by atoms with Crippen LogP contribution in [0.25, 0.3) is 33.1 Å². The third-order valence-corrected chi connectivity index (χ3v) is 4.94. The maximum Gasteiger partial charge on any atom is 0.143 e. The molecular formula is C19H11BrO2. The highest BCUT2D eigenvalue weighted by Gasteiger charge is 2.30. The van der Waals surface area contributed by atoms with Crippen molar-refractivity contribution in [1.82, 2.24) is 0 Å². The molecule has 1 aromatic heterocycles. The van der Waals surface area contributed by atoms with Crippen molar-refractivity contribution in [3.63, 3.8) is 0 Å². The minimum Gasteiger partial charge on any atom is -0.455 e. The molecule has 0 fully saturated rings. The number of fused-ring (bicyclic) bond motifs is 7. The smallest absolute Gasteiger partial charge is 0.143 e. The van der Waals surface area contributed by atoms with E-state index in [0.29, 0.717) is 0 Å². The molecule has 0 spiro atoms. The summed E-state index contributed by atoms with van der Waals surface area (Å²) < 4.78 is 7.08. The first-order valence-corrected chi connectivity index (χ1v) is 7.95. The molecule has 0 amide bonds. The minimum atomic E-state index is -0.597. The van der Waals surface area contributed by atoms with Gasteiger partial charge >= 0.3 is 0 Å². The molecule has 2 nitrogen and oxygen atoms in total. The fourth-order valence-corrected chi connectivity index (χ4v) is 3.84. The molecule has 22 heavy (non-hydrogen) atoms. The molecular weight excluding hydrogens is 340 g/mol. The third-order valence-electron chi connectivity index (χ3n) is 4.45. The van der Waals surface area contributed by atoms with Gasteiger partial charge in [0.1, 0.15) is 17.3 Å². The Labute approximate surface area is 135 Å². The average molecular weight is 351 g/mol. The molecule has 4 aromatic rings. The monoisotopic (exact) mass is 350 g/mol. The van der Waals surface area contributed by atoms with Crippen LogP contribution >= 0.6 is 15.9 Å². The molecule has 0 aliphatic heterocycles. The summed E-state index contributed by atoms with van der Waals surface area (Å²) in [6.07, 6.45) is -0.597. The lowest BCUT2D eigenvalue weighted by molar-refractivity contribution is 0.225. The summed E-state index contributed by atoms with van der Waals surface area (Å²) in [6, 6.07) is 18.1. The van der Waals surface area contributed by atoms with Gasteiger partial charge in [0.15, 0.2) is 0 Å². The molecule has 0 bridgehead atoms. The number of aliphatic hydroxyl groups is 1. The number of halogens is 1.